The molecule has 0 bridgehead atoms. The molecule has 1 heterocycles. The molecule has 2 aromatic carbocycles. The summed E-state index contributed by atoms with van der Waals surface area (Å²) in [6.07, 6.45) is 1.04. The van der Waals surface area contributed by atoms with Crippen LogP contribution in [0.5, 0.6) is 5.75 Å². The Bertz CT molecular complexity index is 930. The lowest BCUT2D eigenvalue weighted by atomic mass is 9.94. The van der Waals surface area contributed by atoms with Gasteiger partial charge in [0.05, 0.1) is 12.0 Å². The fourth-order valence-electron chi connectivity index (χ4n) is 3.76. The minimum absolute atomic E-state index is 0.227. The van der Waals surface area contributed by atoms with E-state index in [4.69, 9.17) is 4.74 Å². The Morgan fingerprint density at radius 3 is 2.17 bits per heavy atom. The highest BCUT2D eigenvalue weighted by molar-refractivity contribution is 7.89. The first-order valence-electron chi connectivity index (χ1n) is 9.81. The van der Waals surface area contributed by atoms with Crippen LogP contribution in [0.25, 0.3) is 0 Å². The van der Waals surface area contributed by atoms with E-state index in [2.05, 4.69) is 19.2 Å². The number of carbonyl (C=O) groups excluding carboxylic acids is 1. The summed E-state index contributed by atoms with van der Waals surface area (Å²) in [4.78, 5) is 12.6. The Labute approximate surface area is 172 Å². The van der Waals surface area contributed by atoms with E-state index in [1.807, 2.05) is 24.3 Å². The third kappa shape index (κ3) is 5.16. The summed E-state index contributed by atoms with van der Waals surface area (Å²) in [7, 11) is -1.94. The summed E-state index contributed by atoms with van der Waals surface area (Å²) in [5.74, 6) is 1.20. The average molecular weight is 417 g/mol. The number of nitrogens with zero attached hydrogens (tertiary/aromatic N) is 1. The summed E-state index contributed by atoms with van der Waals surface area (Å²) < 4.78 is 32.6. The van der Waals surface area contributed by atoms with Crippen LogP contribution in [0.2, 0.25) is 0 Å². The van der Waals surface area contributed by atoms with Crippen molar-refractivity contribution in [1.82, 2.24) is 9.62 Å². The Morgan fingerprint density at radius 1 is 1.03 bits per heavy atom. The Hall–Kier alpha value is -2.38. The van der Waals surface area contributed by atoms with Crippen molar-refractivity contribution in [2.24, 2.45) is 11.8 Å². The van der Waals surface area contributed by atoms with Crippen LogP contribution in [0.15, 0.2) is 53.4 Å². The van der Waals surface area contributed by atoms with Crippen molar-refractivity contribution in [1.29, 1.82) is 0 Å². The Kier molecular flexibility index (Phi) is 6.59. The van der Waals surface area contributed by atoms with Gasteiger partial charge in [0.2, 0.25) is 10.0 Å². The number of benzene rings is 2. The first-order valence-corrected chi connectivity index (χ1v) is 11.2. The molecule has 3 rings (SSSR count). The van der Waals surface area contributed by atoms with E-state index in [0.717, 1.165) is 17.7 Å². The van der Waals surface area contributed by atoms with Gasteiger partial charge < -0.3 is 10.1 Å². The number of amides is 1. The molecule has 1 N–H and O–H groups in total. The molecular formula is C22H28N2O4S. The van der Waals surface area contributed by atoms with Crippen molar-refractivity contribution in [2.75, 3.05) is 20.2 Å². The van der Waals surface area contributed by atoms with Crippen LogP contribution in [0.3, 0.4) is 0 Å². The number of ether oxygens (including phenoxy) is 1. The van der Waals surface area contributed by atoms with Crippen molar-refractivity contribution in [2.45, 2.75) is 31.7 Å². The smallest absolute Gasteiger partial charge is 0.251 e. The fraction of sp³-hybridized carbons (Fsp3) is 0.409. The number of nitrogens with one attached hydrogen (secondary N) is 1. The summed E-state index contributed by atoms with van der Waals surface area (Å²) in [5.41, 5.74) is 1.38. The SMILES string of the molecule is COc1ccc(CNC(=O)c2ccc(S(=O)(=O)N3C[C@H](C)C[C@H](C)C3)cc2)cc1. The van der Waals surface area contributed by atoms with Gasteiger partial charge in [0.15, 0.2) is 0 Å². The lowest BCUT2D eigenvalue weighted by Crippen LogP contribution is -2.42. The predicted octanol–water partition coefficient (Wildman–Crippen LogP) is 3.29. The van der Waals surface area contributed by atoms with Gasteiger partial charge in [-0.05, 0) is 60.2 Å². The minimum Gasteiger partial charge on any atom is -0.497 e. The van der Waals surface area contributed by atoms with E-state index >= 15 is 0 Å². The highest BCUT2D eigenvalue weighted by Gasteiger charge is 2.31. The molecule has 0 radical (unpaired) electrons. The summed E-state index contributed by atoms with van der Waals surface area (Å²) in [6.45, 7) is 5.61. The summed E-state index contributed by atoms with van der Waals surface area (Å²) in [5, 5.41) is 2.85. The quantitative estimate of drug-likeness (QED) is 0.784. The van der Waals surface area contributed by atoms with Gasteiger partial charge in [0.1, 0.15) is 5.75 Å². The van der Waals surface area contributed by atoms with Gasteiger partial charge in [-0.15, -0.1) is 0 Å². The van der Waals surface area contributed by atoms with Crippen LogP contribution < -0.4 is 10.1 Å². The third-order valence-electron chi connectivity index (χ3n) is 5.20. The molecule has 156 valence electrons. The fourth-order valence-corrected chi connectivity index (χ4v) is 5.44. The first kappa shape index (κ1) is 21.3. The maximum atomic E-state index is 12.9. The molecule has 0 unspecified atom stereocenters. The number of piperidine rings is 1. The molecule has 1 aliphatic heterocycles. The number of hydrogen-bond acceptors (Lipinski definition) is 4. The minimum atomic E-state index is -3.54. The predicted molar refractivity (Wildman–Crippen MR) is 112 cm³/mol. The molecule has 1 aliphatic rings. The van der Waals surface area contributed by atoms with Crippen molar-refractivity contribution >= 4 is 15.9 Å². The molecule has 6 nitrogen and oxygen atoms in total. The molecule has 7 heteroatoms. The highest BCUT2D eigenvalue weighted by atomic mass is 32.2. The monoisotopic (exact) mass is 416 g/mol. The summed E-state index contributed by atoms with van der Waals surface area (Å²) >= 11 is 0. The van der Waals surface area contributed by atoms with Gasteiger partial charge in [-0.25, -0.2) is 8.42 Å². The topological polar surface area (TPSA) is 75.7 Å². The van der Waals surface area contributed by atoms with E-state index in [1.165, 1.54) is 12.1 Å². The molecule has 2 aromatic rings. The van der Waals surface area contributed by atoms with Gasteiger partial charge in [-0.2, -0.15) is 4.31 Å². The zero-order valence-corrected chi connectivity index (χ0v) is 17.9. The first-order chi connectivity index (χ1) is 13.8. The molecule has 1 amide bonds. The van der Waals surface area contributed by atoms with Crippen LogP contribution in [0.4, 0.5) is 0 Å². The van der Waals surface area contributed by atoms with Crippen molar-refractivity contribution < 1.29 is 17.9 Å². The Morgan fingerprint density at radius 2 is 1.62 bits per heavy atom. The zero-order valence-electron chi connectivity index (χ0n) is 17.1. The molecule has 29 heavy (non-hydrogen) atoms. The molecule has 1 saturated heterocycles. The van der Waals surface area contributed by atoms with Crippen LogP contribution in [-0.2, 0) is 16.6 Å². The molecule has 1 fully saturated rings. The van der Waals surface area contributed by atoms with Crippen molar-refractivity contribution in [3.05, 3.63) is 59.7 Å². The van der Waals surface area contributed by atoms with E-state index < -0.39 is 10.0 Å². The second kappa shape index (κ2) is 8.97. The maximum absolute atomic E-state index is 12.9. The highest BCUT2D eigenvalue weighted by Crippen LogP contribution is 2.26. The molecule has 0 saturated carbocycles. The molecular weight excluding hydrogens is 388 g/mol. The second-order valence-electron chi connectivity index (χ2n) is 7.82. The second-order valence-corrected chi connectivity index (χ2v) is 9.76. The van der Waals surface area contributed by atoms with E-state index in [0.29, 0.717) is 37.0 Å². The van der Waals surface area contributed by atoms with E-state index in [9.17, 15) is 13.2 Å². The standard InChI is InChI=1S/C22H28N2O4S/c1-16-12-17(2)15-24(14-16)29(26,27)21-10-6-19(7-11-21)22(25)23-13-18-4-8-20(28-3)9-5-18/h4-11,16-17H,12-15H2,1-3H3,(H,23,25)/t16-,17+. The Balaban J connectivity index is 1.64. The maximum Gasteiger partial charge on any atom is 0.251 e. The molecule has 0 aromatic heterocycles. The number of rotatable bonds is 6. The summed E-state index contributed by atoms with van der Waals surface area (Å²) in [6, 6.07) is 13.6. The number of hydrogen-bond donors (Lipinski definition) is 1. The van der Waals surface area contributed by atoms with Crippen LogP contribution in [0.1, 0.15) is 36.2 Å². The van der Waals surface area contributed by atoms with Crippen molar-refractivity contribution in [3.8, 4) is 5.75 Å². The van der Waals surface area contributed by atoms with Crippen molar-refractivity contribution in [3.63, 3.8) is 0 Å². The number of carbonyl (C=O) groups is 1. The lowest BCUT2D eigenvalue weighted by Gasteiger charge is -2.34. The van der Waals surface area contributed by atoms with E-state index in [1.54, 1.807) is 23.5 Å². The number of sulfonamides is 1. The van der Waals surface area contributed by atoms with Gasteiger partial charge in [0.25, 0.3) is 5.91 Å². The number of methoxy groups -OCH3 is 1. The van der Waals surface area contributed by atoms with Gasteiger partial charge in [0, 0.05) is 25.2 Å². The van der Waals surface area contributed by atoms with Gasteiger partial charge in [-0.3, -0.25) is 4.79 Å². The lowest BCUT2D eigenvalue weighted by molar-refractivity contribution is 0.0951. The molecule has 2 atom stereocenters. The average Bonchev–Trinajstić information content (AvgIpc) is 2.71. The molecule has 0 spiro atoms. The van der Waals surface area contributed by atoms with Crippen LogP contribution >= 0.6 is 0 Å². The van der Waals surface area contributed by atoms with E-state index in [-0.39, 0.29) is 10.8 Å². The van der Waals surface area contributed by atoms with Crippen LogP contribution in [-0.4, -0.2) is 38.8 Å². The third-order valence-corrected chi connectivity index (χ3v) is 7.05. The molecule has 0 aliphatic carbocycles. The van der Waals surface area contributed by atoms with Crippen LogP contribution in [0, 0.1) is 11.8 Å². The van der Waals surface area contributed by atoms with Gasteiger partial charge >= 0.3 is 0 Å². The largest absolute Gasteiger partial charge is 0.497 e. The normalized spacial score (nSPS) is 20.2. The van der Waals surface area contributed by atoms with Gasteiger partial charge in [-0.1, -0.05) is 26.0 Å². The zero-order chi connectivity index (χ0) is 21.0.